The van der Waals surface area contributed by atoms with Gasteiger partial charge < -0.3 is 4.18 Å². The lowest BCUT2D eigenvalue weighted by molar-refractivity contribution is 0.536. The molecule has 1 radical (unpaired) electrons. The normalized spacial score (nSPS) is 17.3. The summed E-state index contributed by atoms with van der Waals surface area (Å²) in [6, 6.07) is 0. The molecule has 0 unspecified atom stereocenters. The Hall–Kier alpha value is -0.440. The van der Waals surface area contributed by atoms with Crippen LogP contribution in [0.15, 0.2) is 11.2 Å². The van der Waals surface area contributed by atoms with Gasteiger partial charge in [0.05, 0.1) is 6.20 Å². The minimum Gasteiger partial charge on any atom is -0.414 e. The molecular formula is C3H2NOS. The third-order valence-electron chi connectivity index (χ3n) is 0.327. The average Bonchev–Trinajstić information content (AvgIpc) is 1.72. The summed E-state index contributed by atoms with van der Waals surface area (Å²) in [5.41, 5.74) is 1.59. The number of rotatable bonds is 0. The van der Waals surface area contributed by atoms with Crippen molar-refractivity contribution >= 4 is 17.6 Å². The number of aliphatic imine (C=N–C) groups is 1. The second kappa shape index (κ2) is 1.87. The standard InChI is InChI=1S/C3H2NOS/c1-2-5-6-3-4-1/h1,3H. The van der Waals surface area contributed by atoms with Gasteiger partial charge in [0.2, 0.25) is 6.26 Å². The minimum atomic E-state index is 1.16. The Morgan fingerprint density at radius 3 is 3.00 bits per heavy atom. The SMILES string of the molecule is [C]1=CN=CSO1. The molecule has 0 aromatic carbocycles. The van der Waals surface area contributed by atoms with Crippen molar-refractivity contribution in [2.75, 3.05) is 0 Å². The van der Waals surface area contributed by atoms with E-state index < -0.39 is 0 Å². The van der Waals surface area contributed by atoms with E-state index in [1.807, 2.05) is 0 Å². The largest absolute Gasteiger partial charge is 0.414 e. The Bertz CT molecular complexity index is 76.8. The first-order valence-electron chi connectivity index (χ1n) is 1.41. The van der Waals surface area contributed by atoms with E-state index in [9.17, 15) is 0 Å². The van der Waals surface area contributed by atoms with Crippen LogP contribution in [0.2, 0.25) is 0 Å². The second-order valence-corrected chi connectivity index (χ2v) is 1.25. The molecule has 3 heteroatoms. The smallest absolute Gasteiger partial charge is 0.201 e. The maximum Gasteiger partial charge on any atom is 0.201 e. The van der Waals surface area contributed by atoms with Crippen LogP contribution in [-0.2, 0) is 4.18 Å². The molecular weight excluding hydrogens is 98.1 g/mol. The number of hydrogen-bond acceptors (Lipinski definition) is 3. The first kappa shape index (κ1) is 3.74. The van der Waals surface area contributed by atoms with Crippen LogP contribution in [0.25, 0.3) is 0 Å². The maximum absolute atomic E-state index is 4.53. The molecule has 31 valence electrons. The molecule has 0 saturated carbocycles. The fourth-order valence-electron chi connectivity index (χ4n) is 0.157. The summed E-state index contributed by atoms with van der Waals surface area (Å²) in [6.07, 6.45) is 3.89. The van der Waals surface area contributed by atoms with Crippen LogP contribution < -0.4 is 0 Å². The van der Waals surface area contributed by atoms with Gasteiger partial charge in [-0.1, -0.05) is 0 Å². The molecule has 0 N–H and O–H groups in total. The van der Waals surface area contributed by atoms with E-state index in [0.717, 1.165) is 12.0 Å². The molecule has 0 aliphatic carbocycles. The van der Waals surface area contributed by atoms with Crippen molar-refractivity contribution in [1.29, 1.82) is 0 Å². The number of nitrogens with zero attached hydrogens (tertiary/aromatic N) is 1. The van der Waals surface area contributed by atoms with Gasteiger partial charge in [-0.3, -0.25) is 4.99 Å². The van der Waals surface area contributed by atoms with Crippen LogP contribution in [0.1, 0.15) is 0 Å². The van der Waals surface area contributed by atoms with Crippen molar-refractivity contribution in [3.63, 3.8) is 0 Å². The van der Waals surface area contributed by atoms with E-state index in [4.69, 9.17) is 0 Å². The molecule has 0 fully saturated rings. The summed E-state index contributed by atoms with van der Waals surface area (Å²) in [6.45, 7) is 0. The van der Waals surface area contributed by atoms with Crippen LogP contribution in [0.5, 0.6) is 0 Å². The lowest BCUT2D eigenvalue weighted by Gasteiger charge is -1.89. The highest BCUT2D eigenvalue weighted by Gasteiger charge is 1.80. The topological polar surface area (TPSA) is 21.6 Å². The Balaban J connectivity index is 2.46. The third kappa shape index (κ3) is 0.755. The number of hydrogen-bond donors (Lipinski definition) is 0. The highest BCUT2D eigenvalue weighted by Crippen LogP contribution is 2.01. The summed E-state index contributed by atoms with van der Waals surface area (Å²) in [5, 5.41) is 0. The fraction of sp³-hybridized carbons (Fsp3) is 0. The van der Waals surface area contributed by atoms with E-state index in [1.165, 1.54) is 6.20 Å². The maximum atomic E-state index is 4.53. The van der Waals surface area contributed by atoms with Crippen molar-refractivity contribution in [3.8, 4) is 0 Å². The molecule has 0 aromatic heterocycles. The molecule has 1 aliphatic heterocycles. The molecule has 1 aliphatic rings. The fourth-order valence-corrected chi connectivity index (χ4v) is 0.409. The lowest BCUT2D eigenvalue weighted by Crippen LogP contribution is -1.71. The lowest BCUT2D eigenvalue weighted by atomic mass is 11.0. The zero-order valence-electron chi connectivity index (χ0n) is 2.92. The zero-order valence-corrected chi connectivity index (χ0v) is 3.73. The average molecular weight is 100 g/mol. The van der Waals surface area contributed by atoms with Gasteiger partial charge in [0, 0.05) is 0 Å². The highest BCUT2D eigenvalue weighted by molar-refractivity contribution is 8.08. The van der Waals surface area contributed by atoms with E-state index in [2.05, 4.69) is 15.4 Å². The van der Waals surface area contributed by atoms with Gasteiger partial charge in [0.1, 0.15) is 17.6 Å². The molecule has 0 bridgehead atoms. The zero-order chi connectivity index (χ0) is 4.24. The molecule has 0 amide bonds. The van der Waals surface area contributed by atoms with Crippen LogP contribution in [0.3, 0.4) is 0 Å². The Morgan fingerprint density at radius 2 is 2.83 bits per heavy atom. The summed E-state index contributed by atoms with van der Waals surface area (Å²) < 4.78 is 4.53. The van der Waals surface area contributed by atoms with E-state index in [1.54, 1.807) is 5.55 Å². The van der Waals surface area contributed by atoms with Crippen LogP contribution in [0, 0.1) is 6.26 Å². The molecule has 1 rings (SSSR count). The van der Waals surface area contributed by atoms with Crippen LogP contribution >= 0.6 is 12.0 Å². The minimum absolute atomic E-state index is 1.16. The molecule has 0 atom stereocenters. The van der Waals surface area contributed by atoms with Gasteiger partial charge in [-0.2, -0.15) is 0 Å². The van der Waals surface area contributed by atoms with Crippen molar-refractivity contribution < 1.29 is 4.18 Å². The molecule has 6 heavy (non-hydrogen) atoms. The van der Waals surface area contributed by atoms with Crippen molar-refractivity contribution in [1.82, 2.24) is 0 Å². The molecule has 0 saturated heterocycles. The molecule has 0 spiro atoms. The van der Waals surface area contributed by atoms with Gasteiger partial charge in [-0.05, 0) is 0 Å². The summed E-state index contributed by atoms with van der Waals surface area (Å²) in [7, 11) is 0. The summed E-state index contributed by atoms with van der Waals surface area (Å²) in [5.74, 6) is 0. The first-order chi connectivity index (χ1) is 3.00. The first-order valence-corrected chi connectivity index (χ1v) is 2.22. The Labute approximate surface area is 40.1 Å². The predicted octanol–water partition coefficient (Wildman–Crippen LogP) is 0.967. The van der Waals surface area contributed by atoms with Crippen molar-refractivity contribution in [2.45, 2.75) is 0 Å². The van der Waals surface area contributed by atoms with E-state index in [-0.39, 0.29) is 0 Å². The van der Waals surface area contributed by atoms with Gasteiger partial charge >= 0.3 is 0 Å². The quantitative estimate of drug-likeness (QED) is 0.423. The van der Waals surface area contributed by atoms with Gasteiger partial charge in [-0.15, -0.1) is 0 Å². The third-order valence-corrected chi connectivity index (χ3v) is 0.728. The summed E-state index contributed by atoms with van der Waals surface area (Å²) >= 11 is 1.16. The van der Waals surface area contributed by atoms with Crippen LogP contribution in [-0.4, -0.2) is 5.55 Å². The van der Waals surface area contributed by atoms with E-state index in [0.29, 0.717) is 0 Å². The van der Waals surface area contributed by atoms with Crippen molar-refractivity contribution in [2.24, 2.45) is 4.99 Å². The molecule has 0 aromatic rings. The van der Waals surface area contributed by atoms with Gasteiger partial charge in [0.25, 0.3) is 0 Å². The van der Waals surface area contributed by atoms with Crippen LogP contribution in [0.4, 0.5) is 0 Å². The molecule has 1 heterocycles. The van der Waals surface area contributed by atoms with Gasteiger partial charge in [0.15, 0.2) is 0 Å². The Morgan fingerprint density at radius 1 is 1.83 bits per heavy atom. The predicted molar refractivity (Wildman–Crippen MR) is 25.0 cm³/mol. The van der Waals surface area contributed by atoms with Crippen molar-refractivity contribution in [3.05, 3.63) is 12.5 Å². The molecule has 2 nitrogen and oxygen atoms in total. The monoisotopic (exact) mass is 100.0 g/mol. The van der Waals surface area contributed by atoms with Gasteiger partial charge in [-0.25, -0.2) is 0 Å². The Kier molecular flexibility index (Phi) is 1.17. The summed E-state index contributed by atoms with van der Waals surface area (Å²) in [4.78, 5) is 3.65. The second-order valence-electron chi connectivity index (χ2n) is 0.681. The van der Waals surface area contributed by atoms with E-state index >= 15 is 0 Å². The highest BCUT2D eigenvalue weighted by atomic mass is 32.2.